The Labute approximate surface area is 104 Å². The summed E-state index contributed by atoms with van der Waals surface area (Å²) >= 11 is 0. The number of likely N-dealkylation sites (tertiary alicyclic amines) is 1. The Morgan fingerprint density at radius 3 is 2.76 bits per heavy atom. The van der Waals surface area contributed by atoms with E-state index in [9.17, 15) is 4.79 Å². The summed E-state index contributed by atoms with van der Waals surface area (Å²) in [5, 5.41) is 3.01. The van der Waals surface area contributed by atoms with Gasteiger partial charge in [-0.1, -0.05) is 0 Å². The molecule has 0 radical (unpaired) electrons. The predicted molar refractivity (Wildman–Crippen MR) is 66.8 cm³/mol. The van der Waals surface area contributed by atoms with Crippen molar-refractivity contribution in [1.29, 1.82) is 0 Å². The van der Waals surface area contributed by atoms with Crippen molar-refractivity contribution in [1.82, 2.24) is 10.2 Å². The number of nitrogens with one attached hydrogen (secondary N) is 1. The van der Waals surface area contributed by atoms with Crippen LogP contribution in [0, 0.1) is 5.92 Å². The summed E-state index contributed by atoms with van der Waals surface area (Å²) in [6.07, 6.45) is 5.49. The number of ether oxygens (including phenoxy) is 1. The average molecular weight is 240 g/mol. The average Bonchev–Trinajstić information content (AvgIpc) is 2.83. The van der Waals surface area contributed by atoms with Crippen molar-refractivity contribution in [2.24, 2.45) is 5.92 Å². The van der Waals surface area contributed by atoms with Crippen LogP contribution in [0.5, 0.6) is 0 Å². The Kier molecular flexibility index (Phi) is 4.80. The van der Waals surface area contributed by atoms with E-state index < -0.39 is 0 Å². The second-order valence-electron chi connectivity index (χ2n) is 5.39. The zero-order valence-electron chi connectivity index (χ0n) is 10.8. The molecule has 2 aliphatic heterocycles. The van der Waals surface area contributed by atoms with Crippen LogP contribution in [0.25, 0.3) is 0 Å². The van der Waals surface area contributed by atoms with Gasteiger partial charge in [0.1, 0.15) is 0 Å². The van der Waals surface area contributed by atoms with Crippen molar-refractivity contribution in [3.05, 3.63) is 0 Å². The van der Waals surface area contributed by atoms with Crippen LogP contribution in [0.3, 0.4) is 0 Å². The number of nitrogens with zero attached hydrogens (tertiary/aromatic N) is 1. The Bertz CT molecular complexity index is 244. The molecule has 1 amide bonds. The number of hydrogen-bond acceptors (Lipinski definition) is 3. The van der Waals surface area contributed by atoms with Crippen molar-refractivity contribution in [2.75, 3.05) is 33.3 Å². The van der Waals surface area contributed by atoms with E-state index in [1.165, 1.54) is 0 Å². The van der Waals surface area contributed by atoms with Gasteiger partial charge in [0, 0.05) is 19.6 Å². The second-order valence-corrected chi connectivity index (χ2v) is 5.39. The Balaban J connectivity index is 1.60. The molecule has 0 bridgehead atoms. The van der Waals surface area contributed by atoms with Crippen LogP contribution >= 0.6 is 0 Å². The highest BCUT2D eigenvalue weighted by atomic mass is 16.5. The fraction of sp³-hybridized carbons (Fsp3) is 0.923. The van der Waals surface area contributed by atoms with Crippen LogP contribution in [0.4, 0.5) is 0 Å². The normalized spacial score (nSPS) is 27.2. The minimum absolute atomic E-state index is 0.204. The zero-order valence-corrected chi connectivity index (χ0v) is 10.8. The molecule has 4 heteroatoms. The van der Waals surface area contributed by atoms with Gasteiger partial charge in [0.2, 0.25) is 5.91 Å². The number of carbonyl (C=O) groups is 1. The van der Waals surface area contributed by atoms with E-state index in [-0.39, 0.29) is 12.0 Å². The molecule has 17 heavy (non-hydrogen) atoms. The molecule has 0 saturated carbocycles. The Morgan fingerprint density at radius 1 is 1.35 bits per heavy atom. The van der Waals surface area contributed by atoms with E-state index in [0.29, 0.717) is 18.9 Å². The van der Waals surface area contributed by atoms with Crippen molar-refractivity contribution in [2.45, 2.75) is 38.2 Å². The van der Waals surface area contributed by atoms with Gasteiger partial charge in [-0.2, -0.15) is 0 Å². The van der Waals surface area contributed by atoms with Gasteiger partial charge in [0.15, 0.2) is 0 Å². The maximum absolute atomic E-state index is 11.8. The topological polar surface area (TPSA) is 41.6 Å². The van der Waals surface area contributed by atoms with Gasteiger partial charge < -0.3 is 15.0 Å². The van der Waals surface area contributed by atoms with Gasteiger partial charge in [0.25, 0.3) is 0 Å². The van der Waals surface area contributed by atoms with Crippen LogP contribution in [-0.4, -0.2) is 50.2 Å². The highest BCUT2D eigenvalue weighted by Gasteiger charge is 2.21. The molecule has 0 unspecified atom stereocenters. The first-order valence-corrected chi connectivity index (χ1v) is 6.81. The van der Waals surface area contributed by atoms with Crippen molar-refractivity contribution >= 4 is 5.91 Å². The highest BCUT2D eigenvalue weighted by molar-refractivity contribution is 5.76. The predicted octanol–water partition coefficient (Wildman–Crippen LogP) is 1.01. The van der Waals surface area contributed by atoms with Crippen LogP contribution in [0.1, 0.15) is 32.1 Å². The molecule has 0 aromatic heterocycles. The number of hydrogen-bond donors (Lipinski definition) is 1. The molecule has 2 heterocycles. The molecule has 1 N–H and O–H groups in total. The molecule has 2 rings (SSSR count). The lowest BCUT2D eigenvalue weighted by atomic mass is 9.93. The van der Waals surface area contributed by atoms with Crippen LogP contribution in [0.2, 0.25) is 0 Å². The SMILES string of the molecule is CN1CCC(CC(=O)NC[C@H]2CCCO2)CC1. The summed E-state index contributed by atoms with van der Waals surface area (Å²) in [5.41, 5.74) is 0. The summed E-state index contributed by atoms with van der Waals surface area (Å²) in [4.78, 5) is 14.1. The molecule has 2 aliphatic rings. The van der Waals surface area contributed by atoms with E-state index in [1.54, 1.807) is 0 Å². The first kappa shape index (κ1) is 12.8. The third-order valence-electron chi connectivity index (χ3n) is 3.86. The van der Waals surface area contributed by atoms with Gasteiger partial charge in [-0.3, -0.25) is 4.79 Å². The van der Waals surface area contributed by atoms with Crippen LogP contribution < -0.4 is 5.32 Å². The van der Waals surface area contributed by atoms with Crippen molar-refractivity contribution in [3.63, 3.8) is 0 Å². The Hall–Kier alpha value is -0.610. The lowest BCUT2D eigenvalue weighted by Crippen LogP contribution is -2.36. The van der Waals surface area contributed by atoms with Crippen molar-refractivity contribution in [3.8, 4) is 0 Å². The van der Waals surface area contributed by atoms with E-state index in [1.807, 2.05) is 0 Å². The van der Waals surface area contributed by atoms with Crippen molar-refractivity contribution < 1.29 is 9.53 Å². The molecule has 1 atom stereocenters. The molecule has 2 fully saturated rings. The van der Waals surface area contributed by atoms with E-state index in [4.69, 9.17) is 4.74 Å². The van der Waals surface area contributed by atoms with Gasteiger partial charge in [0.05, 0.1) is 6.10 Å². The Morgan fingerprint density at radius 2 is 2.12 bits per heavy atom. The maximum Gasteiger partial charge on any atom is 0.220 e. The summed E-state index contributed by atoms with van der Waals surface area (Å²) < 4.78 is 5.49. The lowest BCUT2D eigenvalue weighted by Gasteiger charge is -2.28. The first-order valence-electron chi connectivity index (χ1n) is 6.81. The molecule has 0 aromatic rings. The van der Waals surface area contributed by atoms with E-state index in [0.717, 1.165) is 45.4 Å². The molecular formula is C13H24N2O2. The maximum atomic E-state index is 11.8. The third kappa shape index (κ3) is 4.28. The largest absolute Gasteiger partial charge is 0.376 e. The fourth-order valence-corrected chi connectivity index (χ4v) is 2.63. The summed E-state index contributed by atoms with van der Waals surface area (Å²) in [6.45, 7) is 3.81. The van der Waals surface area contributed by atoms with Gasteiger partial charge in [-0.15, -0.1) is 0 Å². The second kappa shape index (κ2) is 6.36. The number of amides is 1. The molecule has 4 nitrogen and oxygen atoms in total. The van der Waals surface area contributed by atoms with Crippen LogP contribution in [0.15, 0.2) is 0 Å². The quantitative estimate of drug-likeness (QED) is 0.797. The summed E-state index contributed by atoms with van der Waals surface area (Å²) in [7, 11) is 2.15. The molecule has 0 aromatic carbocycles. The number of piperidine rings is 1. The smallest absolute Gasteiger partial charge is 0.220 e. The standard InChI is InChI=1S/C13H24N2O2/c1-15-6-4-11(5-7-15)9-13(16)14-10-12-3-2-8-17-12/h11-12H,2-10H2,1H3,(H,14,16)/t12-/m1/s1. The zero-order chi connectivity index (χ0) is 12.1. The molecular weight excluding hydrogens is 216 g/mol. The highest BCUT2D eigenvalue weighted by Crippen LogP contribution is 2.19. The summed E-state index contributed by atoms with van der Waals surface area (Å²) in [6, 6.07) is 0. The minimum atomic E-state index is 0.204. The molecule has 0 aliphatic carbocycles. The minimum Gasteiger partial charge on any atom is -0.376 e. The molecule has 0 spiro atoms. The number of carbonyl (C=O) groups excluding carboxylic acids is 1. The van der Waals surface area contributed by atoms with Gasteiger partial charge >= 0.3 is 0 Å². The van der Waals surface area contributed by atoms with Gasteiger partial charge in [-0.25, -0.2) is 0 Å². The van der Waals surface area contributed by atoms with E-state index >= 15 is 0 Å². The number of rotatable bonds is 4. The third-order valence-corrected chi connectivity index (χ3v) is 3.86. The fourth-order valence-electron chi connectivity index (χ4n) is 2.63. The van der Waals surface area contributed by atoms with Gasteiger partial charge in [-0.05, 0) is 51.7 Å². The summed E-state index contributed by atoms with van der Waals surface area (Å²) in [5.74, 6) is 0.783. The molecule has 98 valence electrons. The first-order chi connectivity index (χ1) is 8.24. The van der Waals surface area contributed by atoms with Crippen LogP contribution in [-0.2, 0) is 9.53 Å². The monoisotopic (exact) mass is 240 g/mol. The lowest BCUT2D eigenvalue weighted by molar-refractivity contribution is -0.122. The molecule has 2 saturated heterocycles. The van der Waals surface area contributed by atoms with E-state index in [2.05, 4.69) is 17.3 Å².